The molecule has 0 saturated heterocycles. The summed E-state index contributed by atoms with van der Waals surface area (Å²) >= 11 is 0. The zero-order chi connectivity index (χ0) is 12.1. The first kappa shape index (κ1) is 12.2. The molecule has 0 unspecified atom stereocenters. The third-order valence-corrected chi connectivity index (χ3v) is 4.04. The van der Waals surface area contributed by atoms with Crippen molar-refractivity contribution in [2.24, 2.45) is 5.92 Å². The number of rotatable bonds is 3. The van der Waals surface area contributed by atoms with Crippen molar-refractivity contribution in [1.82, 2.24) is 0 Å². The Hall–Kier alpha value is -1.29. The van der Waals surface area contributed by atoms with E-state index in [-0.39, 0.29) is 0 Å². The smallest absolute Gasteiger partial charge is 0.187 e. The maximum absolute atomic E-state index is 6.96. The molecule has 0 atom stereocenters. The second kappa shape index (κ2) is 5.87. The molecule has 1 saturated carbocycles. The van der Waals surface area contributed by atoms with Gasteiger partial charge in [0.2, 0.25) is 0 Å². The van der Waals surface area contributed by atoms with E-state index in [1.54, 1.807) is 0 Å². The Kier molecular flexibility index (Phi) is 4.20. The summed E-state index contributed by atoms with van der Waals surface area (Å²) in [6, 6.07) is 8.22. The van der Waals surface area contributed by atoms with Gasteiger partial charge in [0.1, 0.15) is 0 Å². The topological polar surface area (TPSA) is 4.36 Å². The molecule has 0 radical (unpaired) electrons. The predicted octanol–water partition coefficient (Wildman–Crippen LogP) is 5.31. The summed E-state index contributed by atoms with van der Waals surface area (Å²) in [6.07, 6.45) is 8.19. The van der Waals surface area contributed by atoms with Crippen molar-refractivity contribution in [3.05, 3.63) is 41.2 Å². The van der Waals surface area contributed by atoms with E-state index in [9.17, 15) is 0 Å². The van der Waals surface area contributed by atoms with Gasteiger partial charge in [-0.3, -0.25) is 0 Å². The van der Waals surface area contributed by atoms with E-state index >= 15 is 0 Å². The van der Waals surface area contributed by atoms with E-state index in [0.29, 0.717) is 0 Å². The summed E-state index contributed by atoms with van der Waals surface area (Å²) in [5.74, 6) is 1.71. The number of hydrogen-bond donors (Lipinski definition) is 0. The van der Waals surface area contributed by atoms with Gasteiger partial charge in [-0.25, -0.2) is 4.85 Å². The van der Waals surface area contributed by atoms with Gasteiger partial charge < -0.3 is 0 Å². The molecule has 90 valence electrons. The van der Waals surface area contributed by atoms with E-state index in [0.717, 1.165) is 17.5 Å². The van der Waals surface area contributed by atoms with Gasteiger partial charge in [0.05, 0.1) is 6.57 Å². The van der Waals surface area contributed by atoms with Crippen molar-refractivity contribution >= 4 is 5.69 Å². The van der Waals surface area contributed by atoms with E-state index in [2.05, 4.69) is 23.9 Å². The molecule has 0 aromatic heterocycles. The van der Waals surface area contributed by atoms with E-state index in [1.807, 2.05) is 12.1 Å². The normalized spacial score (nSPS) is 24.2. The van der Waals surface area contributed by atoms with E-state index < -0.39 is 0 Å². The molecular formula is C16H21N. The molecule has 0 heterocycles. The number of nitrogens with zero attached hydrogens (tertiary/aromatic N) is 1. The van der Waals surface area contributed by atoms with Crippen LogP contribution in [0.2, 0.25) is 0 Å². The highest BCUT2D eigenvalue weighted by molar-refractivity contribution is 5.45. The number of benzene rings is 1. The van der Waals surface area contributed by atoms with Gasteiger partial charge in [-0.05, 0) is 43.1 Å². The van der Waals surface area contributed by atoms with Gasteiger partial charge in [-0.2, -0.15) is 0 Å². The summed E-state index contributed by atoms with van der Waals surface area (Å²) < 4.78 is 0. The van der Waals surface area contributed by atoms with E-state index in [1.165, 1.54) is 44.1 Å². The van der Waals surface area contributed by atoms with Crippen LogP contribution in [0, 0.1) is 12.5 Å². The van der Waals surface area contributed by atoms with Crippen LogP contribution >= 0.6 is 0 Å². The predicted molar refractivity (Wildman–Crippen MR) is 72.3 cm³/mol. The van der Waals surface area contributed by atoms with Crippen LogP contribution in [0.25, 0.3) is 4.85 Å². The Morgan fingerprint density at radius 1 is 1.12 bits per heavy atom. The lowest BCUT2D eigenvalue weighted by Crippen LogP contribution is -2.13. The van der Waals surface area contributed by atoms with Crippen LogP contribution in [-0.4, -0.2) is 0 Å². The highest BCUT2D eigenvalue weighted by atomic mass is 14.6. The van der Waals surface area contributed by atoms with E-state index in [4.69, 9.17) is 6.57 Å². The zero-order valence-corrected chi connectivity index (χ0v) is 10.7. The standard InChI is InChI=1S/C16H21N/c1-3-4-13-5-7-14(8-6-13)15-9-11-16(17-2)12-10-15/h9-14H,3-8H2,1H3. The first-order valence-corrected chi connectivity index (χ1v) is 6.81. The van der Waals surface area contributed by atoms with Gasteiger partial charge >= 0.3 is 0 Å². The molecule has 0 amide bonds. The molecule has 2 rings (SSSR count). The monoisotopic (exact) mass is 227 g/mol. The second-order valence-electron chi connectivity index (χ2n) is 5.21. The average molecular weight is 227 g/mol. The second-order valence-corrected chi connectivity index (χ2v) is 5.21. The Labute approximate surface area is 105 Å². The lowest BCUT2D eigenvalue weighted by Gasteiger charge is -2.28. The summed E-state index contributed by atoms with van der Waals surface area (Å²) in [6.45, 7) is 9.24. The molecule has 1 fully saturated rings. The van der Waals surface area contributed by atoms with Crippen molar-refractivity contribution in [2.75, 3.05) is 0 Å². The van der Waals surface area contributed by atoms with Crippen LogP contribution < -0.4 is 0 Å². The van der Waals surface area contributed by atoms with Crippen LogP contribution in [0.4, 0.5) is 5.69 Å². The van der Waals surface area contributed by atoms with Crippen LogP contribution in [0.1, 0.15) is 56.9 Å². The molecule has 1 nitrogen and oxygen atoms in total. The third kappa shape index (κ3) is 3.09. The van der Waals surface area contributed by atoms with Crippen molar-refractivity contribution in [1.29, 1.82) is 0 Å². The first-order valence-electron chi connectivity index (χ1n) is 6.81. The molecule has 1 aromatic rings. The molecule has 0 N–H and O–H groups in total. The fourth-order valence-corrected chi connectivity index (χ4v) is 3.01. The van der Waals surface area contributed by atoms with Gasteiger partial charge in [-0.1, -0.05) is 44.0 Å². The molecule has 0 aliphatic heterocycles. The highest BCUT2D eigenvalue weighted by Crippen LogP contribution is 2.37. The van der Waals surface area contributed by atoms with Crippen molar-refractivity contribution in [3.63, 3.8) is 0 Å². The molecular weight excluding hydrogens is 206 g/mol. The summed E-state index contributed by atoms with van der Waals surface area (Å²) in [7, 11) is 0. The van der Waals surface area contributed by atoms with Crippen LogP contribution in [0.5, 0.6) is 0 Å². The SMILES string of the molecule is [C-]#[N+]c1ccc(C2CCC(CCC)CC2)cc1. The Bertz CT molecular complexity index is 377. The molecule has 0 bridgehead atoms. The quantitative estimate of drug-likeness (QED) is 0.616. The fourth-order valence-electron chi connectivity index (χ4n) is 3.01. The molecule has 1 aliphatic rings. The lowest BCUT2D eigenvalue weighted by molar-refractivity contribution is 0.308. The molecule has 17 heavy (non-hydrogen) atoms. The lowest BCUT2D eigenvalue weighted by atomic mass is 9.77. The Balaban J connectivity index is 1.94. The minimum absolute atomic E-state index is 0.739. The number of hydrogen-bond acceptors (Lipinski definition) is 0. The van der Waals surface area contributed by atoms with Crippen molar-refractivity contribution in [3.8, 4) is 0 Å². The molecule has 0 spiro atoms. The van der Waals surface area contributed by atoms with Crippen LogP contribution in [0.3, 0.4) is 0 Å². The van der Waals surface area contributed by atoms with Gasteiger partial charge in [0, 0.05) is 0 Å². The third-order valence-electron chi connectivity index (χ3n) is 4.04. The van der Waals surface area contributed by atoms with Gasteiger partial charge in [0.25, 0.3) is 0 Å². The largest absolute Gasteiger partial charge is 0.238 e. The summed E-state index contributed by atoms with van der Waals surface area (Å²) in [5, 5.41) is 0. The maximum atomic E-state index is 6.96. The van der Waals surface area contributed by atoms with Crippen LogP contribution in [0.15, 0.2) is 24.3 Å². The summed E-state index contributed by atoms with van der Waals surface area (Å²) in [5.41, 5.74) is 2.20. The maximum Gasteiger partial charge on any atom is 0.187 e. The Morgan fingerprint density at radius 2 is 1.76 bits per heavy atom. The van der Waals surface area contributed by atoms with Crippen molar-refractivity contribution in [2.45, 2.75) is 51.4 Å². The minimum atomic E-state index is 0.739. The zero-order valence-electron chi connectivity index (χ0n) is 10.7. The highest BCUT2D eigenvalue weighted by Gasteiger charge is 2.21. The molecule has 1 aromatic carbocycles. The fraction of sp³-hybridized carbons (Fsp3) is 0.562. The minimum Gasteiger partial charge on any atom is -0.238 e. The Morgan fingerprint density at radius 3 is 2.29 bits per heavy atom. The summed E-state index contributed by atoms with van der Waals surface area (Å²) in [4.78, 5) is 3.44. The van der Waals surface area contributed by atoms with Crippen molar-refractivity contribution < 1.29 is 0 Å². The molecule has 1 heteroatoms. The molecule has 1 aliphatic carbocycles. The van der Waals surface area contributed by atoms with Gasteiger partial charge in [-0.15, -0.1) is 0 Å². The average Bonchev–Trinajstić information content (AvgIpc) is 2.40. The van der Waals surface area contributed by atoms with Gasteiger partial charge in [0.15, 0.2) is 5.69 Å². The van der Waals surface area contributed by atoms with Crippen LogP contribution in [-0.2, 0) is 0 Å². The first-order chi connectivity index (χ1) is 8.33.